The van der Waals surface area contributed by atoms with E-state index in [-0.39, 0.29) is 28.6 Å². The van der Waals surface area contributed by atoms with Gasteiger partial charge in [-0.1, -0.05) is 24.3 Å². The predicted octanol–water partition coefficient (Wildman–Crippen LogP) is 3.42. The molecule has 1 aliphatic carbocycles. The highest BCUT2D eigenvalue weighted by Crippen LogP contribution is 2.35. The first-order chi connectivity index (χ1) is 13.0. The van der Waals surface area contributed by atoms with Crippen LogP contribution in [0.4, 0.5) is 0 Å². The molecule has 1 aliphatic rings. The minimum Gasteiger partial charge on any atom is -0.508 e. The molecule has 6 heteroatoms. The van der Waals surface area contributed by atoms with E-state index in [4.69, 9.17) is 0 Å². The molecule has 1 heterocycles. The van der Waals surface area contributed by atoms with Gasteiger partial charge in [0.05, 0.1) is 16.6 Å². The van der Waals surface area contributed by atoms with Crippen LogP contribution in [-0.4, -0.2) is 31.7 Å². The smallest absolute Gasteiger partial charge is 0.196 e. The molecular weight excluding hydrogens is 344 g/mol. The molecule has 0 unspecified atom stereocenters. The van der Waals surface area contributed by atoms with E-state index in [0.29, 0.717) is 39.1 Å². The number of hydrogen-bond acceptors (Lipinski definition) is 5. The van der Waals surface area contributed by atoms with Gasteiger partial charge in [0.25, 0.3) is 0 Å². The highest BCUT2D eigenvalue weighted by molar-refractivity contribution is 6.31. The second kappa shape index (κ2) is 5.28. The molecule has 27 heavy (non-hydrogen) atoms. The van der Waals surface area contributed by atoms with Crippen molar-refractivity contribution in [3.8, 4) is 22.9 Å². The van der Waals surface area contributed by atoms with Gasteiger partial charge in [-0.2, -0.15) is 0 Å². The third kappa shape index (κ3) is 2.10. The Kier molecular flexibility index (Phi) is 3.00. The molecule has 5 rings (SSSR count). The zero-order valence-electron chi connectivity index (χ0n) is 13.9. The first-order valence-corrected chi connectivity index (χ1v) is 8.28. The Bertz CT molecular complexity index is 1290. The summed E-state index contributed by atoms with van der Waals surface area (Å²) < 4.78 is 0. The molecule has 0 aliphatic heterocycles. The standard InChI is InChI=1S/C21H12N2O4/c24-10-5-6-13(16(25)9-10)21-22-15-8-7-14-17(18(15)23-21)20(27)12-4-2-1-3-11(12)19(14)26/h1-9,24-25H,(H,22,23). The molecule has 0 spiro atoms. The van der Waals surface area contributed by atoms with Crippen molar-refractivity contribution in [3.05, 3.63) is 76.9 Å². The van der Waals surface area contributed by atoms with Crippen LogP contribution in [0.3, 0.4) is 0 Å². The van der Waals surface area contributed by atoms with Gasteiger partial charge in [-0.3, -0.25) is 9.59 Å². The zero-order chi connectivity index (χ0) is 18.7. The summed E-state index contributed by atoms with van der Waals surface area (Å²) in [6, 6.07) is 14.2. The van der Waals surface area contributed by atoms with Crippen LogP contribution in [-0.2, 0) is 0 Å². The molecule has 0 radical (unpaired) electrons. The van der Waals surface area contributed by atoms with Crippen molar-refractivity contribution in [1.82, 2.24) is 9.97 Å². The van der Waals surface area contributed by atoms with Gasteiger partial charge in [-0.15, -0.1) is 0 Å². The molecule has 0 saturated carbocycles. The fourth-order valence-electron chi connectivity index (χ4n) is 3.50. The Hall–Kier alpha value is -3.93. The Morgan fingerprint density at radius 1 is 0.778 bits per heavy atom. The van der Waals surface area contributed by atoms with E-state index >= 15 is 0 Å². The number of aromatic nitrogens is 2. The number of fused-ring (bicyclic) bond motifs is 4. The van der Waals surface area contributed by atoms with Gasteiger partial charge >= 0.3 is 0 Å². The summed E-state index contributed by atoms with van der Waals surface area (Å²) in [7, 11) is 0. The van der Waals surface area contributed by atoms with E-state index in [1.807, 2.05) is 0 Å². The molecule has 3 aromatic carbocycles. The number of imidazole rings is 1. The van der Waals surface area contributed by atoms with E-state index in [1.165, 1.54) is 18.2 Å². The molecule has 0 saturated heterocycles. The Balaban J connectivity index is 1.77. The summed E-state index contributed by atoms with van der Waals surface area (Å²) in [6.45, 7) is 0. The van der Waals surface area contributed by atoms with Crippen LogP contribution in [0.25, 0.3) is 22.4 Å². The third-order valence-electron chi connectivity index (χ3n) is 4.78. The van der Waals surface area contributed by atoms with E-state index in [2.05, 4.69) is 9.97 Å². The topological polar surface area (TPSA) is 103 Å². The minimum atomic E-state index is -0.251. The van der Waals surface area contributed by atoms with Crippen LogP contribution >= 0.6 is 0 Å². The quantitative estimate of drug-likeness (QED) is 0.427. The number of aromatic hydroxyl groups is 2. The number of benzene rings is 3. The van der Waals surface area contributed by atoms with Gasteiger partial charge in [0.15, 0.2) is 11.6 Å². The number of carbonyl (C=O) groups excluding carboxylic acids is 2. The monoisotopic (exact) mass is 356 g/mol. The summed E-state index contributed by atoms with van der Waals surface area (Å²) >= 11 is 0. The van der Waals surface area contributed by atoms with Gasteiger partial charge in [-0.05, 0) is 24.3 Å². The molecule has 130 valence electrons. The molecule has 0 bridgehead atoms. The fraction of sp³-hybridized carbons (Fsp3) is 0. The van der Waals surface area contributed by atoms with Crippen molar-refractivity contribution in [2.24, 2.45) is 0 Å². The number of nitrogens with zero attached hydrogens (tertiary/aromatic N) is 1. The molecule has 0 amide bonds. The second-order valence-electron chi connectivity index (χ2n) is 6.37. The SMILES string of the molecule is O=C1c2ccccc2C(=O)c2c1ccc1[nH]c(-c3ccc(O)cc3O)nc21. The van der Waals surface area contributed by atoms with E-state index in [0.717, 1.165) is 0 Å². The van der Waals surface area contributed by atoms with Gasteiger partial charge in [0.2, 0.25) is 0 Å². The van der Waals surface area contributed by atoms with Crippen LogP contribution in [0.5, 0.6) is 11.5 Å². The number of ketones is 2. The van der Waals surface area contributed by atoms with Crippen molar-refractivity contribution < 1.29 is 19.8 Å². The average molecular weight is 356 g/mol. The lowest BCUT2D eigenvalue weighted by Crippen LogP contribution is -2.21. The number of aromatic amines is 1. The first kappa shape index (κ1) is 15.3. The Labute approximate surface area is 152 Å². The minimum absolute atomic E-state index is 0.0675. The maximum atomic E-state index is 13.0. The van der Waals surface area contributed by atoms with E-state index in [9.17, 15) is 19.8 Å². The number of hydrogen-bond donors (Lipinski definition) is 3. The van der Waals surface area contributed by atoms with Gasteiger partial charge in [-0.25, -0.2) is 4.98 Å². The molecule has 3 N–H and O–H groups in total. The number of carbonyl (C=O) groups is 2. The van der Waals surface area contributed by atoms with Gasteiger partial charge in [0.1, 0.15) is 22.8 Å². The fourth-order valence-corrected chi connectivity index (χ4v) is 3.50. The molecule has 1 aromatic heterocycles. The molecular formula is C21H12N2O4. The molecule has 0 fully saturated rings. The maximum Gasteiger partial charge on any atom is 0.196 e. The van der Waals surface area contributed by atoms with Crippen molar-refractivity contribution in [2.75, 3.05) is 0 Å². The lowest BCUT2D eigenvalue weighted by atomic mass is 9.83. The van der Waals surface area contributed by atoms with Crippen LogP contribution in [0.2, 0.25) is 0 Å². The predicted molar refractivity (Wildman–Crippen MR) is 98.2 cm³/mol. The lowest BCUT2D eigenvalue weighted by Gasteiger charge is -2.17. The van der Waals surface area contributed by atoms with Crippen molar-refractivity contribution in [1.29, 1.82) is 0 Å². The van der Waals surface area contributed by atoms with Crippen LogP contribution in [0.15, 0.2) is 54.6 Å². The highest BCUT2D eigenvalue weighted by Gasteiger charge is 2.32. The van der Waals surface area contributed by atoms with Crippen LogP contribution in [0, 0.1) is 0 Å². The summed E-state index contributed by atoms with van der Waals surface area (Å²) in [5, 5.41) is 19.6. The second-order valence-corrected chi connectivity index (χ2v) is 6.37. The normalized spacial score (nSPS) is 12.9. The lowest BCUT2D eigenvalue weighted by molar-refractivity contribution is 0.0980. The maximum absolute atomic E-state index is 13.0. The van der Waals surface area contributed by atoms with Crippen molar-refractivity contribution in [2.45, 2.75) is 0 Å². The number of rotatable bonds is 1. The van der Waals surface area contributed by atoms with E-state index < -0.39 is 0 Å². The third-order valence-corrected chi connectivity index (χ3v) is 4.78. The first-order valence-electron chi connectivity index (χ1n) is 8.28. The number of phenols is 2. The Morgan fingerprint density at radius 3 is 2.22 bits per heavy atom. The largest absolute Gasteiger partial charge is 0.508 e. The van der Waals surface area contributed by atoms with Crippen LogP contribution in [0.1, 0.15) is 31.8 Å². The number of H-pyrrole nitrogens is 1. The average Bonchev–Trinajstić information content (AvgIpc) is 3.09. The van der Waals surface area contributed by atoms with Crippen molar-refractivity contribution >= 4 is 22.6 Å². The number of nitrogens with one attached hydrogen (secondary N) is 1. The summed E-state index contributed by atoms with van der Waals surface area (Å²) in [5.41, 5.74) is 2.67. The van der Waals surface area contributed by atoms with Gasteiger partial charge < -0.3 is 15.2 Å². The summed E-state index contributed by atoms with van der Waals surface area (Å²) in [5.74, 6) is -0.328. The molecule has 6 nitrogen and oxygen atoms in total. The summed E-state index contributed by atoms with van der Waals surface area (Å²) in [6.07, 6.45) is 0. The zero-order valence-corrected chi connectivity index (χ0v) is 13.9. The van der Waals surface area contributed by atoms with Gasteiger partial charge in [0, 0.05) is 22.8 Å². The molecule has 0 atom stereocenters. The number of phenolic OH excluding ortho intramolecular Hbond substituents is 2. The Morgan fingerprint density at radius 2 is 1.48 bits per heavy atom. The van der Waals surface area contributed by atoms with Crippen molar-refractivity contribution in [3.63, 3.8) is 0 Å². The highest BCUT2D eigenvalue weighted by atomic mass is 16.3. The van der Waals surface area contributed by atoms with Crippen LogP contribution < -0.4 is 0 Å². The van der Waals surface area contributed by atoms with E-state index in [1.54, 1.807) is 36.4 Å². The molecule has 4 aromatic rings. The summed E-state index contributed by atoms with van der Waals surface area (Å²) in [4.78, 5) is 33.4.